The van der Waals surface area contributed by atoms with Gasteiger partial charge in [-0.15, -0.1) is 22.7 Å². The van der Waals surface area contributed by atoms with Crippen LogP contribution in [0.4, 0.5) is 0 Å². The molecule has 0 bridgehead atoms. The maximum atomic E-state index is 11.3. The topological polar surface area (TPSA) is 61.5 Å². The average Bonchev–Trinajstić information content (AvgIpc) is 3.15. The Morgan fingerprint density at radius 2 is 1.95 bits per heavy atom. The zero-order valence-electron chi connectivity index (χ0n) is 11.1. The number of aromatic nitrogens is 3. The number of benzene rings is 1. The zero-order chi connectivity index (χ0) is 14.4. The molecular formula is C15H11N3OS2. The first-order valence-electron chi connectivity index (χ1n) is 6.43. The number of imidazole rings is 1. The van der Waals surface area contributed by atoms with Crippen LogP contribution in [0, 0.1) is 6.92 Å². The fraction of sp³-hybridized carbons (Fsp3) is 0.0667. The molecule has 0 saturated heterocycles. The molecule has 3 heterocycles. The summed E-state index contributed by atoms with van der Waals surface area (Å²) in [5.41, 5.74) is 4.63. The molecule has 0 unspecified atom stereocenters. The summed E-state index contributed by atoms with van der Waals surface area (Å²) in [5.74, 6) is 0. The Bertz CT molecular complexity index is 990. The fourth-order valence-corrected chi connectivity index (χ4v) is 4.22. The first kappa shape index (κ1) is 12.6. The molecule has 1 aromatic carbocycles. The predicted octanol–water partition coefficient (Wildman–Crippen LogP) is 4.02. The maximum absolute atomic E-state index is 11.3. The van der Waals surface area contributed by atoms with Gasteiger partial charge in [0.05, 0.1) is 21.6 Å². The Balaban J connectivity index is 1.80. The normalized spacial score (nSPS) is 11.3. The minimum atomic E-state index is -0.185. The van der Waals surface area contributed by atoms with Gasteiger partial charge >= 0.3 is 5.69 Å². The number of fused-ring (bicyclic) bond motifs is 1. The van der Waals surface area contributed by atoms with E-state index >= 15 is 0 Å². The van der Waals surface area contributed by atoms with Gasteiger partial charge in [-0.2, -0.15) is 0 Å². The quantitative estimate of drug-likeness (QED) is 0.587. The van der Waals surface area contributed by atoms with E-state index in [9.17, 15) is 4.79 Å². The summed E-state index contributed by atoms with van der Waals surface area (Å²) < 4.78 is 0. The van der Waals surface area contributed by atoms with Crippen LogP contribution in [0.2, 0.25) is 0 Å². The first-order chi connectivity index (χ1) is 10.2. The first-order valence-corrected chi connectivity index (χ1v) is 8.19. The van der Waals surface area contributed by atoms with E-state index < -0.39 is 0 Å². The Hall–Kier alpha value is -2.18. The van der Waals surface area contributed by atoms with Crippen LogP contribution in [0.25, 0.3) is 32.2 Å². The number of H-pyrrole nitrogens is 2. The number of aryl methyl sites for hydroxylation is 1. The van der Waals surface area contributed by atoms with Gasteiger partial charge in [0.1, 0.15) is 5.01 Å². The molecule has 6 heteroatoms. The van der Waals surface area contributed by atoms with Gasteiger partial charge in [0.15, 0.2) is 0 Å². The molecule has 0 amide bonds. The largest absolute Gasteiger partial charge is 0.323 e. The number of nitrogens with one attached hydrogen (secondary N) is 2. The number of thiophene rings is 1. The second-order valence-electron chi connectivity index (χ2n) is 4.81. The van der Waals surface area contributed by atoms with Crippen molar-refractivity contribution in [2.45, 2.75) is 6.92 Å². The molecular weight excluding hydrogens is 302 g/mol. The molecule has 0 radical (unpaired) electrons. The molecule has 0 aliphatic carbocycles. The number of thiazole rings is 1. The molecule has 0 atom stereocenters. The Morgan fingerprint density at radius 1 is 1.10 bits per heavy atom. The van der Waals surface area contributed by atoms with Crippen LogP contribution in [-0.4, -0.2) is 15.0 Å². The molecule has 2 N–H and O–H groups in total. The lowest BCUT2D eigenvalue weighted by molar-refractivity contribution is 1.21. The standard InChI is InChI=1S/C15H11N3OS2/c1-8-4-5-20-13(8)14-16-12(7-21-14)9-2-3-10-11(6-9)18-15(19)17-10/h2-7H,1H3,(H2,17,18,19). The number of hydrogen-bond donors (Lipinski definition) is 2. The van der Waals surface area contributed by atoms with Gasteiger partial charge in [-0.3, -0.25) is 0 Å². The van der Waals surface area contributed by atoms with Crippen LogP contribution >= 0.6 is 22.7 Å². The van der Waals surface area contributed by atoms with Crippen molar-refractivity contribution in [3.8, 4) is 21.1 Å². The Kier molecular flexibility index (Phi) is 2.80. The minimum absolute atomic E-state index is 0.185. The van der Waals surface area contributed by atoms with E-state index in [1.54, 1.807) is 22.7 Å². The average molecular weight is 313 g/mol. The second kappa shape index (κ2) is 4.68. The van der Waals surface area contributed by atoms with Gasteiger partial charge < -0.3 is 9.97 Å². The number of hydrogen-bond acceptors (Lipinski definition) is 4. The predicted molar refractivity (Wildman–Crippen MR) is 88.1 cm³/mol. The van der Waals surface area contributed by atoms with Gasteiger partial charge in [0.25, 0.3) is 0 Å². The van der Waals surface area contributed by atoms with Gasteiger partial charge in [-0.25, -0.2) is 9.78 Å². The van der Waals surface area contributed by atoms with E-state index in [2.05, 4.69) is 33.7 Å². The van der Waals surface area contributed by atoms with Crippen molar-refractivity contribution in [3.05, 3.63) is 51.1 Å². The molecule has 4 nitrogen and oxygen atoms in total. The lowest BCUT2D eigenvalue weighted by Gasteiger charge is -1.97. The SMILES string of the molecule is Cc1ccsc1-c1nc(-c2ccc3[nH]c(=O)[nH]c3c2)cs1. The van der Waals surface area contributed by atoms with Gasteiger partial charge in [-0.05, 0) is 36.1 Å². The molecule has 0 aliphatic rings. The summed E-state index contributed by atoms with van der Waals surface area (Å²) in [6.45, 7) is 2.10. The van der Waals surface area contributed by atoms with Crippen molar-refractivity contribution in [2.24, 2.45) is 0 Å². The molecule has 4 aromatic rings. The van der Waals surface area contributed by atoms with Crippen molar-refractivity contribution < 1.29 is 0 Å². The summed E-state index contributed by atoms with van der Waals surface area (Å²) in [5, 5.41) is 5.18. The lowest BCUT2D eigenvalue weighted by Crippen LogP contribution is -1.99. The highest BCUT2D eigenvalue weighted by atomic mass is 32.1. The number of nitrogens with zero attached hydrogens (tertiary/aromatic N) is 1. The summed E-state index contributed by atoms with van der Waals surface area (Å²) in [6.07, 6.45) is 0. The summed E-state index contributed by atoms with van der Waals surface area (Å²) in [6, 6.07) is 7.94. The van der Waals surface area contributed by atoms with E-state index in [1.807, 2.05) is 18.2 Å². The molecule has 21 heavy (non-hydrogen) atoms. The monoisotopic (exact) mass is 313 g/mol. The summed E-state index contributed by atoms with van der Waals surface area (Å²) in [7, 11) is 0. The Morgan fingerprint density at radius 3 is 2.76 bits per heavy atom. The summed E-state index contributed by atoms with van der Waals surface area (Å²) >= 11 is 3.36. The zero-order valence-corrected chi connectivity index (χ0v) is 12.8. The fourth-order valence-electron chi connectivity index (χ4n) is 2.29. The van der Waals surface area contributed by atoms with E-state index in [-0.39, 0.29) is 5.69 Å². The number of rotatable bonds is 2. The second-order valence-corrected chi connectivity index (χ2v) is 6.58. The molecule has 0 aliphatic heterocycles. The van der Waals surface area contributed by atoms with Crippen molar-refractivity contribution in [1.82, 2.24) is 15.0 Å². The molecule has 104 valence electrons. The lowest BCUT2D eigenvalue weighted by atomic mass is 10.1. The van der Waals surface area contributed by atoms with Gasteiger partial charge in [-0.1, -0.05) is 6.07 Å². The van der Waals surface area contributed by atoms with E-state index in [0.29, 0.717) is 0 Å². The third-order valence-electron chi connectivity index (χ3n) is 3.37. The highest BCUT2D eigenvalue weighted by Gasteiger charge is 2.10. The van der Waals surface area contributed by atoms with Crippen molar-refractivity contribution in [3.63, 3.8) is 0 Å². The van der Waals surface area contributed by atoms with E-state index in [1.165, 1.54) is 10.4 Å². The van der Waals surface area contributed by atoms with Crippen molar-refractivity contribution >= 4 is 33.7 Å². The van der Waals surface area contributed by atoms with Gasteiger partial charge in [0.2, 0.25) is 0 Å². The molecule has 4 rings (SSSR count). The van der Waals surface area contributed by atoms with Crippen molar-refractivity contribution in [1.29, 1.82) is 0 Å². The van der Waals surface area contributed by atoms with Crippen LogP contribution in [0.5, 0.6) is 0 Å². The third kappa shape index (κ3) is 2.12. The molecule has 0 spiro atoms. The maximum Gasteiger partial charge on any atom is 0.323 e. The highest BCUT2D eigenvalue weighted by molar-refractivity contribution is 7.20. The molecule has 0 fully saturated rings. The van der Waals surface area contributed by atoms with E-state index in [4.69, 9.17) is 4.98 Å². The number of aromatic amines is 2. The smallest absolute Gasteiger partial charge is 0.306 e. The van der Waals surface area contributed by atoms with Crippen LogP contribution in [-0.2, 0) is 0 Å². The van der Waals surface area contributed by atoms with Gasteiger partial charge in [0, 0.05) is 10.9 Å². The summed E-state index contributed by atoms with van der Waals surface area (Å²) in [4.78, 5) is 22.8. The minimum Gasteiger partial charge on any atom is -0.306 e. The van der Waals surface area contributed by atoms with Crippen LogP contribution in [0.15, 0.2) is 39.8 Å². The van der Waals surface area contributed by atoms with Crippen LogP contribution in [0.1, 0.15) is 5.56 Å². The Labute approximate surface area is 128 Å². The van der Waals surface area contributed by atoms with E-state index in [0.717, 1.165) is 27.3 Å². The highest BCUT2D eigenvalue weighted by Crippen LogP contribution is 2.34. The molecule has 0 saturated carbocycles. The van der Waals surface area contributed by atoms with Crippen molar-refractivity contribution in [2.75, 3.05) is 0 Å². The third-order valence-corrected chi connectivity index (χ3v) is 5.38. The van der Waals surface area contributed by atoms with Crippen LogP contribution < -0.4 is 5.69 Å². The molecule has 3 aromatic heterocycles. The van der Waals surface area contributed by atoms with Crippen LogP contribution in [0.3, 0.4) is 0 Å².